The maximum absolute atomic E-state index is 12.9. The molecule has 1 aromatic heterocycles. The van der Waals surface area contributed by atoms with Crippen LogP contribution in [0.4, 0.5) is 0 Å². The quantitative estimate of drug-likeness (QED) is 0.825. The first-order valence-electron chi connectivity index (χ1n) is 8.99. The van der Waals surface area contributed by atoms with Crippen molar-refractivity contribution < 1.29 is 18.7 Å². The number of halogens is 1. The minimum Gasteiger partial charge on any atom is -0.454 e. The van der Waals surface area contributed by atoms with Crippen LogP contribution in [0, 0.1) is 11.8 Å². The molecule has 1 saturated heterocycles. The molecule has 0 radical (unpaired) electrons. The molecular weight excluding hydrogens is 368 g/mol. The molecule has 0 bridgehead atoms. The monoisotopic (exact) mass is 388 g/mol. The lowest BCUT2D eigenvalue weighted by atomic mass is 9.96. The van der Waals surface area contributed by atoms with Gasteiger partial charge in [-0.15, -0.1) is 0 Å². The predicted octanol–water partition coefficient (Wildman–Crippen LogP) is 2.82. The van der Waals surface area contributed by atoms with Crippen molar-refractivity contribution in [3.05, 3.63) is 58.0 Å². The van der Waals surface area contributed by atoms with Crippen LogP contribution >= 0.6 is 11.6 Å². The number of nitrogens with one attached hydrogen (secondary N) is 2. The SMILES string of the molecule is CNC(=O)c1cc(C(=O)N[C@H]2[C@@H]3COC[C@@H]32)c([C@H](C)c2cccc(Cl)c2)o1. The molecule has 27 heavy (non-hydrogen) atoms. The van der Waals surface area contributed by atoms with Crippen molar-refractivity contribution in [1.82, 2.24) is 10.6 Å². The van der Waals surface area contributed by atoms with E-state index in [9.17, 15) is 9.59 Å². The summed E-state index contributed by atoms with van der Waals surface area (Å²) in [4.78, 5) is 24.9. The van der Waals surface area contributed by atoms with Gasteiger partial charge in [-0.25, -0.2) is 0 Å². The number of benzene rings is 1. The van der Waals surface area contributed by atoms with Gasteiger partial charge in [0.2, 0.25) is 0 Å². The number of ether oxygens (including phenoxy) is 1. The van der Waals surface area contributed by atoms with E-state index in [-0.39, 0.29) is 29.5 Å². The summed E-state index contributed by atoms with van der Waals surface area (Å²) >= 11 is 6.10. The van der Waals surface area contributed by atoms with Gasteiger partial charge in [0.05, 0.1) is 18.8 Å². The van der Waals surface area contributed by atoms with E-state index in [1.165, 1.54) is 13.1 Å². The van der Waals surface area contributed by atoms with Gasteiger partial charge in [-0.2, -0.15) is 0 Å². The van der Waals surface area contributed by atoms with Crippen LogP contribution in [-0.2, 0) is 4.74 Å². The summed E-state index contributed by atoms with van der Waals surface area (Å²) in [7, 11) is 1.52. The summed E-state index contributed by atoms with van der Waals surface area (Å²) < 4.78 is 11.2. The summed E-state index contributed by atoms with van der Waals surface area (Å²) in [6.07, 6.45) is 0. The van der Waals surface area contributed by atoms with Gasteiger partial charge < -0.3 is 19.8 Å². The molecule has 2 amide bonds. The molecule has 0 spiro atoms. The second-order valence-corrected chi connectivity index (χ2v) is 7.55. The van der Waals surface area contributed by atoms with Gasteiger partial charge in [0.25, 0.3) is 11.8 Å². The molecule has 4 atom stereocenters. The molecule has 1 aromatic carbocycles. The molecule has 1 aliphatic heterocycles. The van der Waals surface area contributed by atoms with Gasteiger partial charge >= 0.3 is 0 Å². The molecule has 7 heteroatoms. The van der Waals surface area contributed by atoms with Crippen molar-refractivity contribution in [3.8, 4) is 0 Å². The largest absolute Gasteiger partial charge is 0.454 e. The zero-order valence-corrected chi connectivity index (χ0v) is 15.9. The fraction of sp³-hybridized carbons (Fsp3) is 0.400. The zero-order valence-electron chi connectivity index (χ0n) is 15.1. The normalized spacial score (nSPS) is 24.2. The van der Waals surface area contributed by atoms with E-state index in [0.717, 1.165) is 5.56 Å². The van der Waals surface area contributed by atoms with Crippen molar-refractivity contribution in [2.45, 2.75) is 18.9 Å². The molecular formula is C20H21ClN2O4. The van der Waals surface area contributed by atoms with Crippen LogP contribution < -0.4 is 10.6 Å². The van der Waals surface area contributed by atoms with Crippen LogP contribution in [0.15, 0.2) is 34.7 Å². The van der Waals surface area contributed by atoms with Gasteiger partial charge in [-0.05, 0) is 17.7 Å². The number of fused-ring (bicyclic) bond motifs is 1. The van der Waals surface area contributed by atoms with E-state index in [0.29, 0.717) is 41.4 Å². The molecule has 2 heterocycles. The van der Waals surface area contributed by atoms with E-state index in [1.807, 2.05) is 25.1 Å². The molecule has 2 aromatic rings. The van der Waals surface area contributed by atoms with E-state index < -0.39 is 0 Å². The molecule has 4 rings (SSSR count). The van der Waals surface area contributed by atoms with Gasteiger partial charge in [-0.3, -0.25) is 9.59 Å². The van der Waals surface area contributed by atoms with E-state index in [2.05, 4.69) is 10.6 Å². The number of hydrogen-bond acceptors (Lipinski definition) is 4. The fourth-order valence-electron chi connectivity index (χ4n) is 3.75. The maximum Gasteiger partial charge on any atom is 0.286 e. The number of carbonyl (C=O) groups excluding carboxylic acids is 2. The van der Waals surface area contributed by atoms with Crippen LogP contribution in [-0.4, -0.2) is 38.1 Å². The van der Waals surface area contributed by atoms with Crippen molar-refractivity contribution in [3.63, 3.8) is 0 Å². The minimum absolute atomic E-state index is 0.117. The van der Waals surface area contributed by atoms with Crippen LogP contribution in [0.1, 0.15) is 45.1 Å². The molecule has 2 N–H and O–H groups in total. The lowest BCUT2D eigenvalue weighted by Crippen LogP contribution is -2.30. The first-order chi connectivity index (χ1) is 13.0. The Balaban J connectivity index is 1.63. The second kappa shape index (κ2) is 7.02. The number of amides is 2. The van der Waals surface area contributed by atoms with E-state index in [4.69, 9.17) is 20.8 Å². The lowest BCUT2D eigenvalue weighted by Gasteiger charge is -2.13. The molecule has 0 unspecified atom stereocenters. The number of carbonyl (C=O) groups is 2. The Labute approximate surface area is 162 Å². The van der Waals surface area contributed by atoms with Crippen LogP contribution in [0.2, 0.25) is 5.02 Å². The van der Waals surface area contributed by atoms with Crippen LogP contribution in [0.3, 0.4) is 0 Å². The third-order valence-corrected chi connectivity index (χ3v) is 5.68. The first kappa shape index (κ1) is 18.1. The van der Waals surface area contributed by atoms with E-state index in [1.54, 1.807) is 6.07 Å². The average molecular weight is 389 g/mol. The highest BCUT2D eigenvalue weighted by Gasteiger charge is 2.55. The smallest absolute Gasteiger partial charge is 0.286 e. The first-order valence-corrected chi connectivity index (χ1v) is 9.37. The van der Waals surface area contributed by atoms with E-state index >= 15 is 0 Å². The highest BCUT2D eigenvalue weighted by Crippen LogP contribution is 2.44. The molecule has 1 aliphatic carbocycles. The van der Waals surface area contributed by atoms with Crippen molar-refractivity contribution in [2.75, 3.05) is 20.3 Å². The third-order valence-electron chi connectivity index (χ3n) is 5.45. The summed E-state index contributed by atoms with van der Waals surface area (Å²) in [6, 6.07) is 9.04. The maximum atomic E-state index is 12.9. The Morgan fingerprint density at radius 1 is 1.19 bits per heavy atom. The average Bonchev–Trinajstić information content (AvgIpc) is 3.07. The highest BCUT2D eigenvalue weighted by atomic mass is 35.5. The molecule has 2 fully saturated rings. The molecule has 1 saturated carbocycles. The lowest BCUT2D eigenvalue weighted by molar-refractivity contribution is 0.0919. The van der Waals surface area contributed by atoms with Crippen molar-refractivity contribution >= 4 is 23.4 Å². The van der Waals surface area contributed by atoms with Crippen molar-refractivity contribution in [2.24, 2.45) is 11.8 Å². The highest BCUT2D eigenvalue weighted by molar-refractivity contribution is 6.30. The van der Waals surface area contributed by atoms with Gasteiger partial charge in [-0.1, -0.05) is 30.7 Å². The summed E-state index contributed by atoms with van der Waals surface area (Å²) in [5, 5.41) is 6.20. The predicted molar refractivity (Wildman–Crippen MR) is 100 cm³/mol. The Hall–Kier alpha value is -2.31. The van der Waals surface area contributed by atoms with Gasteiger partial charge in [0, 0.05) is 41.9 Å². The Bertz CT molecular complexity index is 884. The molecule has 142 valence electrons. The fourth-order valence-corrected chi connectivity index (χ4v) is 3.95. The number of hydrogen-bond donors (Lipinski definition) is 2. The Morgan fingerprint density at radius 2 is 1.93 bits per heavy atom. The summed E-state index contributed by atoms with van der Waals surface area (Å²) in [5.74, 6) is 0.537. The van der Waals surface area contributed by atoms with Crippen LogP contribution in [0.25, 0.3) is 0 Å². The molecule has 6 nitrogen and oxygen atoms in total. The zero-order chi connectivity index (χ0) is 19.1. The Kier molecular flexibility index (Phi) is 4.70. The Morgan fingerprint density at radius 3 is 2.59 bits per heavy atom. The van der Waals surface area contributed by atoms with Gasteiger partial charge in [0.1, 0.15) is 5.76 Å². The topological polar surface area (TPSA) is 80.6 Å². The van der Waals surface area contributed by atoms with Crippen LogP contribution in [0.5, 0.6) is 0 Å². The molecule has 2 aliphatic rings. The minimum atomic E-state index is -0.370. The van der Waals surface area contributed by atoms with Gasteiger partial charge in [0.15, 0.2) is 5.76 Å². The summed E-state index contributed by atoms with van der Waals surface area (Å²) in [6.45, 7) is 3.31. The third kappa shape index (κ3) is 3.35. The number of rotatable bonds is 5. The second-order valence-electron chi connectivity index (χ2n) is 7.11. The summed E-state index contributed by atoms with van der Waals surface area (Å²) in [5.41, 5.74) is 1.29. The number of furan rings is 1. The van der Waals surface area contributed by atoms with Crippen molar-refractivity contribution in [1.29, 1.82) is 0 Å². The standard InChI is InChI=1S/C20H21ClN2O4/c1-10(11-4-3-5-12(21)6-11)18-13(7-16(27-18)20(25)22-2)19(24)23-17-14-8-26-9-15(14)17/h3-7,10,14-15,17H,8-9H2,1-2H3,(H,22,25)(H,23,24)/t10-,14-,15+,17+/m1/s1.